The summed E-state index contributed by atoms with van der Waals surface area (Å²) in [5.74, 6) is -0.677. The van der Waals surface area contributed by atoms with Gasteiger partial charge in [0.1, 0.15) is 6.20 Å². The normalized spacial score (nSPS) is 10.1. The van der Waals surface area contributed by atoms with E-state index in [2.05, 4.69) is 15.3 Å². The fraction of sp³-hybridized carbons (Fsp3) is 0.154. The number of carbonyl (C=O) groups excluding carboxylic acids is 1. The zero-order valence-corrected chi connectivity index (χ0v) is 12.4. The minimum Gasteiger partial charge on any atom is -0.465 e. The Hall–Kier alpha value is -2.74. The number of nitro groups is 1. The highest BCUT2D eigenvalue weighted by molar-refractivity contribution is 6.28. The molecule has 0 aliphatic heterocycles. The van der Waals surface area contributed by atoms with E-state index in [1.54, 1.807) is 25.1 Å². The predicted molar refractivity (Wildman–Crippen MR) is 79.5 cm³/mol. The molecule has 114 valence electrons. The Balaban J connectivity index is 2.52. The second-order valence-corrected chi connectivity index (χ2v) is 4.58. The number of carbonyl (C=O) groups is 1. The zero-order chi connectivity index (χ0) is 16.3. The van der Waals surface area contributed by atoms with Crippen molar-refractivity contribution < 1.29 is 14.5 Å². The van der Waals surface area contributed by atoms with Crippen LogP contribution in [0.1, 0.15) is 15.9 Å². The molecule has 0 spiro atoms. The SMILES string of the molecule is COC(=O)c1c(C)cccc1Nc1nc(Cl)ncc1[N+](=O)[O-]. The second kappa shape index (κ2) is 6.35. The van der Waals surface area contributed by atoms with Crippen molar-refractivity contribution in [3.8, 4) is 0 Å². The van der Waals surface area contributed by atoms with E-state index in [1.807, 2.05) is 0 Å². The number of methoxy groups -OCH3 is 1. The van der Waals surface area contributed by atoms with Crippen molar-refractivity contribution in [2.24, 2.45) is 0 Å². The molecule has 0 aliphatic carbocycles. The molecule has 0 amide bonds. The lowest BCUT2D eigenvalue weighted by Gasteiger charge is -2.12. The van der Waals surface area contributed by atoms with Gasteiger partial charge in [-0.3, -0.25) is 10.1 Å². The number of nitrogens with zero attached hydrogens (tertiary/aromatic N) is 3. The second-order valence-electron chi connectivity index (χ2n) is 4.24. The lowest BCUT2D eigenvalue weighted by Crippen LogP contribution is -2.09. The first kappa shape index (κ1) is 15.6. The Kier molecular flexibility index (Phi) is 4.52. The van der Waals surface area contributed by atoms with Crippen LogP contribution in [0, 0.1) is 17.0 Å². The van der Waals surface area contributed by atoms with Gasteiger partial charge in [0.2, 0.25) is 11.1 Å². The number of ether oxygens (including phenoxy) is 1. The van der Waals surface area contributed by atoms with Gasteiger partial charge in [0.15, 0.2) is 0 Å². The number of hydrogen-bond acceptors (Lipinski definition) is 7. The van der Waals surface area contributed by atoms with Crippen molar-refractivity contribution in [3.05, 3.63) is 50.9 Å². The summed E-state index contributed by atoms with van der Waals surface area (Å²) in [5.41, 5.74) is 0.875. The Morgan fingerprint density at radius 3 is 2.82 bits per heavy atom. The van der Waals surface area contributed by atoms with E-state index >= 15 is 0 Å². The van der Waals surface area contributed by atoms with Gasteiger partial charge < -0.3 is 10.1 Å². The first-order chi connectivity index (χ1) is 10.4. The van der Waals surface area contributed by atoms with Crippen LogP contribution in [-0.2, 0) is 4.74 Å². The quantitative estimate of drug-likeness (QED) is 0.399. The van der Waals surface area contributed by atoms with Gasteiger partial charge in [-0.05, 0) is 30.2 Å². The van der Waals surface area contributed by atoms with Gasteiger partial charge in [0.05, 0.1) is 23.3 Å². The van der Waals surface area contributed by atoms with Crippen LogP contribution in [0.4, 0.5) is 17.2 Å². The molecular weight excluding hydrogens is 312 g/mol. The number of esters is 1. The maximum Gasteiger partial charge on any atom is 0.340 e. The Bertz CT molecular complexity index is 751. The molecule has 0 saturated heterocycles. The molecule has 2 aromatic rings. The fourth-order valence-electron chi connectivity index (χ4n) is 1.85. The Labute approximate surface area is 130 Å². The molecule has 0 unspecified atom stereocenters. The summed E-state index contributed by atoms with van der Waals surface area (Å²) in [6.07, 6.45) is 0.991. The number of nitrogens with one attached hydrogen (secondary N) is 1. The third-order valence-electron chi connectivity index (χ3n) is 2.85. The smallest absolute Gasteiger partial charge is 0.340 e. The van der Waals surface area contributed by atoms with Gasteiger partial charge >= 0.3 is 11.7 Å². The van der Waals surface area contributed by atoms with Crippen molar-refractivity contribution in [3.63, 3.8) is 0 Å². The number of benzene rings is 1. The summed E-state index contributed by atoms with van der Waals surface area (Å²) in [4.78, 5) is 29.6. The third-order valence-corrected chi connectivity index (χ3v) is 3.03. The average Bonchev–Trinajstić information content (AvgIpc) is 2.46. The molecule has 2 rings (SSSR count). The van der Waals surface area contributed by atoms with Crippen molar-refractivity contribution in [2.75, 3.05) is 12.4 Å². The Morgan fingerprint density at radius 1 is 1.45 bits per heavy atom. The maximum absolute atomic E-state index is 11.9. The van der Waals surface area contributed by atoms with Gasteiger partial charge in [-0.15, -0.1) is 0 Å². The summed E-state index contributed by atoms with van der Waals surface area (Å²) in [6, 6.07) is 5.00. The van der Waals surface area contributed by atoms with Crippen LogP contribution in [0.15, 0.2) is 24.4 Å². The summed E-state index contributed by atoms with van der Waals surface area (Å²) in [7, 11) is 1.25. The number of aromatic nitrogens is 2. The van der Waals surface area contributed by atoms with Gasteiger partial charge in [-0.2, -0.15) is 4.98 Å². The van der Waals surface area contributed by atoms with Crippen LogP contribution in [0.2, 0.25) is 5.28 Å². The topological polar surface area (TPSA) is 107 Å². The molecule has 0 bridgehead atoms. The largest absolute Gasteiger partial charge is 0.465 e. The minimum atomic E-state index is -0.647. The maximum atomic E-state index is 11.9. The van der Waals surface area contributed by atoms with Crippen LogP contribution in [-0.4, -0.2) is 28.0 Å². The van der Waals surface area contributed by atoms with Crippen LogP contribution in [0.5, 0.6) is 0 Å². The first-order valence-electron chi connectivity index (χ1n) is 6.06. The van der Waals surface area contributed by atoms with Gasteiger partial charge in [0.25, 0.3) is 0 Å². The van der Waals surface area contributed by atoms with Gasteiger partial charge in [-0.25, -0.2) is 9.78 Å². The lowest BCUT2D eigenvalue weighted by atomic mass is 10.1. The highest BCUT2D eigenvalue weighted by Gasteiger charge is 2.21. The van der Waals surface area contributed by atoms with Gasteiger partial charge in [-0.1, -0.05) is 12.1 Å². The summed E-state index contributed by atoms with van der Waals surface area (Å²) in [5, 5.41) is 13.6. The standard InChI is InChI=1S/C13H11ClN4O4/c1-7-4-3-5-8(10(7)12(19)22-2)16-11-9(18(20)21)6-15-13(14)17-11/h3-6H,1-2H3,(H,15,16,17). The first-order valence-corrected chi connectivity index (χ1v) is 6.43. The number of aryl methyl sites for hydroxylation is 1. The molecule has 8 nitrogen and oxygen atoms in total. The molecule has 0 radical (unpaired) electrons. The highest BCUT2D eigenvalue weighted by Crippen LogP contribution is 2.29. The minimum absolute atomic E-state index is 0.110. The molecule has 9 heteroatoms. The monoisotopic (exact) mass is 322 g/mol. The van der Waals surface area contributed by atoms with Crippen LogP contribution >= 0.6 is 11.6 Å². The van der Waals surface area contributed by atoms with Crippen LogP contribution in [0.3, 0.4) is 0 Å². The number of anilines is 2. The molecule has 0 saturated carbocycles. The molecule has 1 heterocycles. The summed E-state index contributed by atoms with van der Waals surface area (Å²) < 4.78 is 4.73. The van der Waals surface area contributed by atoms with Crippen LogP contribution < -0.4 is 5.32 Å². The van der Waals surface area contributed by atoms with E-state index in [0.717, 1.165) is 6.20 Å². The van der Waals surface area contributed by atoms with E-state index in [-0.39, 0.29) is 22.4 Å². The van der Waals surface area contributed by atoms with E-state index in [0.29, 0.717) is 11.3 Å². The molecule has 0 aliphatic rings. The summed E-state index contributed by atoms with van der Waals surface area (Å²) >= 11 is 5.67. The van der Waals surface area contributed by atoms with Crippen LogP contribution in [0.25, 0.3) is 0 Å². The average molecular weight is 323 g/mol. The molecule has 1 aromatic carbocycles. The van der Waals surface area contributed by atoms with E-state index in [1.165, 1.54) is 7.11 Å². The van der Waals surface area contributed by atoms with Crippen molar-refractivity contribution in [1.29, 1.82) is 0 Å². The number of halogens is 1. The molecule has 0 atom stereocenters. The van der Waals surface area contributed by atoms with Gasteiger partial charge in [0, 0.05) is 0 Å². The Morgan fingerprint density at radius 2 is 2.18 bits per heavy atom. The molecular formula is C13H11ClN4O4. The summed E-state index contributed by atoms with van der Waals surface area (Å²) in [6.45, 7) is 1.72. The van der Waals surface area contributed by atoms with E-state index in [9.17, 15) is 14.9 Å². The van der Waals surface area contributed by atoms with Crippen molar-refractivity contribution >= 4 is 34.8 Å². The predicted octanol–water partition coefficient (Wildman–Crippen LogP) is 2.88. The van der Waals surface area contributed by atoms with Crippen molar-refractivity contribution in [2.45, 2.75) is 6.92 Å². The van der Waals surface area contributed by atoms with Crippen molar-refractivity contribution in [1.82, 2.24) is 9.97 Å². The third kappa shape index (κ3) is 3.12. The molecule has 0 fully saturated rings. The number of rotatable bonds is 4. The molecule has 22 heavy (non-hydrogen) atoms. The van der Waals surface area contributed by atoms with E-state index < -0.39 is 10.9 Å². The molecule has 1 aromatic heterocycles. The molecule has 1 N–H and O–H groups in total. The lowest BCUT2D eigenvalue weighted by molar-refractivity contribution is -0.384. The van der Waals surface area contributed by atoms with E-state index in [4.69, 9.17) is 16.3 Å². The number of hydrogen-bond donors (Lipinski definition) is 1. The highest BCUT2D eigenvalue weighted by atomic mass is 35.5. The fourth-order valence-corrected chi connectivity index (χ4v) is 1.99. The zero-order valence-electron chi connectivity index (χ0n) is 11.7.